The van der Waals surface area contributed by atoms with E-state index in [-0.39, 0.29) is 23.4 Å². The van der Waals surface area contributed by atoms with Gasteiger partial charge in [0, 0.05) is 5.92 Å². The smallest absolute Gasteiger partial charge is 0.220 e. The average molecular weight is 371 g/mol. The van der Waals surface area contributed by atoms with Crippen LogP contribution in [-0.4, -0.2) is 44.1 Å². The van der Waals surface area contributed by atoms with Crippen molar-refractivity contribution in [3.05, 3.63) is 41.2 Å². The number of benzene rings is 1. The molecular formula is C20H30N6O. The molecule has 1 aliphatic rings. The van der Waals surface area contributed by atoms with E-state index in [1.54, 1.807) is 0 Å². The Morgan fingerprint density at radius 3 is 2.44 bits per heavy atom. The first kappa shape index (κ1) is 19.5. The van der Waals surface area contributed by atoms with E-state index in [4.69, 9.17) is 5.73 Å². The quantitative estimate of drug-likeness (QED) is 0.843. The number of carbonyl (C=O) groups excluding carboxylic acids is 1. The minimum absolute atomic E-state index is 0.0389. The highest BCUT2D eigenvalue weighted by molar-refractivity contribution is 5.76. The highest BCUT2D eigenvalue weighted by Crippen LogP contribution is 2.33. The number of primary amides is 1. The van der Waals surface area contributed by atoms with Gasteiger partial charge in [-0.3, -0.25) is 9.69 Å². The number of rotatable bonds is 6. The number of piperidine rings is 1. The number of nitrogens with zero attached hydrogens (tertiary/aromatic N) is 5. The van der Waals surface area contributed by atoms with Gasteiger partial charge in [-0.05, 0) is 69.1 Å². The second-order valence-corrected chi connectivity index (χ2v) is 8.14. The van der Waals surface area contributed by atoms with Crippen LogP contribution >= 0.6 is 0 Å². The summed E-state index contributed by atoms with van der Waals surface area (Å²) in [6.45, 7) is 10.1. The normalized spacial score (nSPS) is 17.8. The van der Waals surface area contributed by atoms with Gasteiger partial charge in [-0.1, -0.05) is 36.8 Å². The molecule has 0 unspecified atom stereocenters. The van der Waals surface area contributed by atoms with Gasteiger partial charge in [0.25, 0.3) is 0 Å². The summed E-state index contributed by atoms with van der Waals surface area (Å²) in [5.41, 5.74) is 7.73. The summed E-state index contributed by atoms with van der Waals surface area (Å²) in [6.07, 6.45) is 2.47. The number of hydrogen-bond donors (Lipinski definition) is 1. The Balaban J connectivity index is 1.99. The standard InChI is InChI=1S/C20H30N6O/c1-5-20(3,4)26-19(22-23-24-26)17(15-8-6-14(2)7-9-15)25-12-10-16(11-13-25)18(21)27/h6-9,16-17H,5,10-13H2,1-4H3,(H2,21,27)/t17-/m1/s1. The molecule has 2 N–H and O–H groups in total. The lowest BCUT2D eigenvalue weighted by molar-refractivity contribution is -0.123. The van der Waals surface area contributed by atoms with Crippen molar-refractivity contribution in [2.24, 2.45) is 11.7 Å². The van der Waals surface area contributed by atoms with Crippen LogP contribution in [0.3, 0.4) is 0 Å². The molecule has 0 aliphatic carbocycles. The molecule has 7 nitrogen and oxygen atoms in total. The second-order valence-electron chi connectivity index (χ2n) is 8.14. The summed E-state index contributed by atoms with van der Waals surface area (Å²) in [5, 5.41) is 12.7. The maximum atomic E-state index is 11.6. The van der Waals surface area contributed by atoms with Gasteiger partial charge in [-0.2, -0.15) is 0 Å². The van der Waals surface area contributed by atoms with Crippen molar-refractivity contribution in [3.8, 4) is 0 Å². The van der Waals surface area contributed by atoms with Crippen LogP contribution in [0.1, 0.15) is 63.0 Å². The lowest BCUT2D eigenvalue weighted by Gasteiger charge is -2.37. The maximum absolute atomic E-state index is 11.6. The maximum Gasteiger partial charge on any atom is 0.220 e. The number of aryl methyl sites for hydroxylation is 1. The fourth-order valence-corrected chi connectivity index (χ4v) is 3.66. The second kappa shape index (κ2) is 7.76. The molecule has 0 saturated carbocycles. The third kappa shape index (κ3) is 4.03. The van der Waals surface area contributed by atoms with Crippen molar-refractivity contribution >= 4 is 5.91 Å². The molecule has 1 aliphatic heterocycles. The molecule has 1 amide bonds. The molecule has 3 rings (SSSR count). The van der Waals surface area contributed by atoms with Gasteiger partial charge in [-0.25, -0.2) is 4.68 Å². The number of likely N-dealkylation sites (tertiary alicyclic amines) is 1. The van der Waals surface area contributed by atoms with Gasteiger partial charge >= 0.3 is 0 Å². The van der Waals surface area contributed by atoms with Gasteiger partial charge in [0.2, 0.25) is 5.91 Å². The largest absolute Gasteiger partial charge is 0.369 e. The molecule has 0 radical (unpaired) electrons. The van der Waals surface area contributed by atoms with Crippen molar-refractivity contribution in [1.29, 1.82) is 0 Å². The molecule has 1 atom stereocenters. The summed E-state index contributed by atoms with van der Waals surface area (Å²) in [6, 6.07) is 8.51. The van der Waals surface area contributed by atoms with E-state index in [0.717, 1.165) is 38.2 Å². The van der Waals surface area contributed by atoms with Crippen LogP contribution in [-0.2, 0) is 10.3 Å². The van der Waals surface area contributed by atoms with Crippen LogP contribution in [0.25, 0.3) is 0 Å². The van der Waals surface area contributed by atoms with E-state index in [1.807, 2.05) is 4.68 Å². The Bertz CT molecular complexity index is 774. The van der Waals surface area contributed by atoms with Crippen LogP contribution in [0.15, 0.2) is 24.3 Å². The number of hydrogen-bond acceptors (Lipinski definition) is 5. The van der Waals surface area contributed by atoms with Crippen LogP contribution in [0.4, 0.5) is 0 Å². The average Bonchev–Trinajstić information content (AvgIpc) is 3.14. The Hall–Kier alpha value is -2.28. The Kier molecular flexibility index (Phi) is 5.60. The molecule has 27 heavy (non-hydrogen) atoms. The number of amides is 1. The molecule has 146 valence electrons. The van der Waals surface area contributed by atoms with Gasteiger partial charge in [0.15, 0.2) is 5.82 Å². The number of aromatic nitrogens is 4. The monoisotopic (exact) mass is 370 g/mol. The lowest BCUT2D eigenvalue weighted by atomic mass is 9.92. The fraction of sp³-hybridized carbons (Fsp3) is 0.600. The molecule has 1 fully saturated rings. The van der Waals surface area contributed by atoms with Crippen LogP contribution in [0, 0.1) is 12.8 Å². The van der Waals surface area contributed by atoms with E-state index < -0.39 is 0 Å². The first-order chi connectivity index (χ1) is 12.8. The molecule has 7 heteroatoms. The van der Waals surface area contributed by atoms with E-state index in [0.29, 0.717) is 0 Å². The summed E-state index contributed by atoms with van der Waals surface area (Å²) < 4.78 is 1.96. The lowest BCUT2D eigenvalue weighted by Crippen LogP contribution is -2.42. The van der Waals surface area contributed by atoms with E-state index in [1.165, 1.54) is 11.1 Å². The van der Waals surface area contributed by atoms with Crippen molar-refractivity contribution < 1.29 is 4.79 Å². The number of tetrazole rings is 1. The van der Waals surface area contributed by atoms with Gasteiger partial charge in [0.05, 0.1) is 11.6 Å². The van der Waals surface area contributed by atoms with Crippen molar-refractivity contribution in [1.82, 2.24) is 25.1 Å². The van der Waals surface area contributed by atoms with Gasteiger partial charge in [-0.15, -0.1) is 5.10 Å². The predicted octanol–water partition coefficient (Wildman–Crippen LogP) is 2.41. The number of carbonyl (C=O) groups is 1. The molecule has 2 aromatic rings. The van der Waals surface area contributed by atoms with E-state index in [9.17, 15) is 4.79 Å². The van der Waals surface area contributed by atoms with Crippen LogP contribution in [0.5, 0.6) is 0 Å². The molecule has 0 spiro atoms. The Morgan fingerprint density at radius 2 is 1.89 bits per heavy atom. The minimum atomic E-state index is -0.196. The fourth-order valence-electron chi connectivity index (χ4n) is 3.66. The van der Waals surface area contributed by atoms with E-state index >= 15 is 0 Å². The van der Waals surface area contributed by atoms with E-state index in [2.05, 4.69) is 72.4 Å². The zero-order chi connectivity index (χ0) is 19.6. The molecule has 1 aromatic heterocycles. The molecule has 1 saturated heterocycles. The predicted molar refractivity (Wildman–Crippen MR) is 104 cm³/mol. The Morgan fingerprint density at radius 1 is 1.26 bits per heavy atom. The molecular weight excluding hydrogens is 340 g/mol. The summed E-state index contributed by atoms with van der Waals surface area (Å²) >= 11 is 0. The topological polar surface area (TPSA) is 89.9 Å². The zero-order valence-electron chi connectivity index (χ0n) is 16.7. The minimum Gasteiger partial charge on any atom is -0.369 e. The summed E-state index contributed by atoms with van der Waals surface area (Å²) in [5.74, 6) is 0.615. The van der Waals surface area contributed by atoms with Crippen molar-refractivity contribution in [3.63, 3.8) is 0 Å². The van der Waals surface area contributed by atoms with Gasteiger partial charge in [0.1, 0.15) is 0 Å². The SMILES string of the molecule is CCC(C)(C)n1nnnc1[C@@H](c1ccc(C)cc1)N1CCC(C(N)=O)CC1. The zero-order valence-corrected chi connectivity index (χ0v) is 16.7. The van der Waals surface area contributed by atoms with Gasteiger partial charge < -0.3 is 5.73 Å². The molecule has 1 aromatic carbocycles. The third-order valence-corrected chi connectivity index (χ3v) is 5.87. The highest BCUT2D eigenvalue weighted by atomic mass is 16.1. The Labute approximate surface area is 160 Å². The van der Waals surface area contributed by atoms with Crippen LogP contribution < -0.4 is 5.73 Å². The highest BCUT2D eigenvalue weighted by Gasteiger charge is 2.35. The summed E-state index contributed by atoms with van der Waals surface area (Å²) in [7, 11) is 0. The molecule has 0 bridgehead atoms. The molecule has 2 heterocycles. The van der Waals surface area contributed by atoms with Crippen molar-refractivity contribution in [2.45, 2.75) is 58.5 Å². The first-order valence-electron chi connectivity index (χ1n) is 9.72. The first-order valence-corrected chi connectivity index (χ1v) is 9.72. The third-order valence-electron chi connectivity index (χ3n) is 5.87. The number of nitrogens with two attached hydrogens (primary N) is 1. The van der Waals surface area contributed by atoms with Crippen LogP contribution in [0.2, 0.25) is 0 Å². The summed E-state index contributed by atoms with van der Waals surface area (Å²) in [4.78, 5) is 13.9. The van der Waals surface area contributed by atoms with Crippen molar-refractivity contribution in [2.75, 3.05) is 13.1 Å².